The maximum Gasteiger partial charge on any atom is 0.408 e. The van der Waals surface area contributed by atoms with E-state index in [9.17, 15) is 4.79 Å². The average molecular weight is 201 g/mol. The quantitative estimate of drug-likeness (QED) is 0.679. The summed E-state index contributed by atoms with van der Waals surface area (Å²) in [6.07, 6.45) is 2.94. The second-order valence-electron chi connectivity index (χ2n) is 3.96. The Bertz CT molecular complexity index is 206. The highest BCUT2D eigenvalue weighted by atomic mass is 16.6. The smallest absolute Gasteiger partial charge is 0.408 e. The van der Waals surface area contributed by atoms with E-state index < -0.39 is 11.7 Å². The first kappa shape index (κ1) is 13.0. The highest BCUT2D eigenvalue weighted by Crippen LogP contribution is 2.06. The van der Waals surface area contributed by atoms with E-state index in [0.717, 1.165) is 0 Å². The Morgan fingerprint density at radius 3 is 2.50 bits per heavy atom. The second-order valence-corrected chi connectivity index (χ2v) is 3.96. The maximum absolute atomic E-state index is 11.2. The van der Waals surface area contributed by atoms with E-state index in [-0.39, 0.29) is 12.6 Å². The Morgan fingerprint density at radius 2 is 2.14 bits per heavy atom. The molecule has 1 atom stereocenters. The number of carbonyl (C=O) groups excluding carboxylic acids is 1. The van der Waals surface area contributed by atoms with Crippen molar-refractivity contribution in [2.75, 3.05) is 6.61 Å². The number of alkyl carbamates (subject to hydrolysis) is 1. The minimum absolute atomic E-state index is 0.135. The zero-order valence-electron chi connectivity index (χ0n) is 9.20. The lowest BCUT2D eigenvalue weighted by Crippen LogP contribution is -2.39. The van der Waals surface area contributed by atoms with Crippen LogP contribution < -0.4 is 5.32 Å². The summed E-state index contributed by atoms with van der Waals surface area (Å²) in [5.74, 6) is 0. The molecule has 0 aliphatic carbocycles. The van der Waals surface area contributed by atoms with Gasteiger partial charge in [-0.25, -0.2) is 4.79 Å². The largest absolute Gasteiger partial charge is 0.444 e. The fourth-order valence-electron chi connectivity index (χ4n) is 0.846. The first-order valence-electron chi connectivity index (χ1n) is 4.62. The molecule has 0 aromatic rings. The van der Waals surface area contributed by atoms with Crippen molar-refractivity contribution in [3.63, 3.8) is 0 Å². The first-order valence-corrected chi connectivity index (χ1v) is 4.62. The predicted molar refractivity (Wildman–Crippen MR) is 55.1 cm³/mol. The van der Waals surface area contributed by atoms with Gasteiger partial charge in [-0.1, -0.05) is 12.2 Å². The first-order chi connectivity index (χ1) is 6.39. The number of nitrogens with one attached hydrogen (secondary N) is 1. The zero-order valence-corrected chi connectivity index (χ0v) is 9.20. The number of aliphatic hydroxyl groups is 1. The van der Waals surface area contributed by atoms with E-state index in [1.807, 2.05) is 6.92 Å². The highest BCUT2D eigenvalue weighted by Gasteiger charge is 2.17. The van der Waals surface area contributed by atoms with Crippen molar-refractivity contribution in [2.45, 2.75) is 39.3 Å². The topological polar surface area (TPSA) is 58.6 Å². The van der Waals surface area contributed by atoms with Crippen molar-refractivity contribution in [1.29, 1.82) is 0 Å². The Labute approximate surface area is 85.0 Å². The predicted octanol–water partition coefficient (Wildman–Crippen LogP) is 1.45. The molecule has 0 rings (SSSR count). The Balaban J connectivity index is 4.04. The van der Waals surface area contributed by atoms with Crippen molar-refractivity contribution in [1.82, 2.24) is 5.32 Å². The molecule has 4 heteroatoms. The van der Waals surface area contributed by atoms with Crippen molar-refractivity contribution in [2.24, 2.45) is 0 Å². The molecule has 82 valence electrons. The van der Waals surface area contributed by atoms with Crippen molar-refractivity contribution in [3.8, 4) is 0 Å². The van der Waals surface area contributed by atoms with Gasteiger partial charge >= 0.3 is 6.09 Å². The number of aliphatic hydroxyl groups excluding tert-OH is 1. The summed E-state index contributed by atoms with van der Waals surface area (Å²) < 4.78 is 5.02. The summed E-state index contributed by atoms with van der Waals surface area (Å²) in [5.41, 5.74) is -0.514. The molecule has 0 fully saturated rings. The van der Waals surface area contributed by atoms with Crippen LogP contribution in [0.25, 0.3) is 0 Å². The lowest BCUT2D eigenvalue weighted by Gasteiger charge is -2.21. The highest BCUT2D eigenvalue weighted by molar-refractivity contribution is 5.68. The van der Waals surface area contributed by atoms with Gasteiger partial charge in [-0.05, 0) is 27.7 Å². The Hall–Kier alpha value is -1.03. The molecule has 0 saturated heterocycles. The van der Waals surface area contributed by atoms with E-state index in [2.05, 4.69) is 5.32 Å². The fourth-order valence-corrected chi connectivity index (χ4v) is 0.846. The summed E-state index contributed by atoms with van der Waals surface area (Å²) in [6.45, 7) is 7.05. The number of ether oxygens (including phenoxy) is 1. The van der Waals surface area contributed by atoms with Crippen LogP contribution >= 0.6 is 0 Å². The Morgan fingerprint density at radius 1 is 1.57 bits per heavy atom. The average Bonchev–Trinajstić information content (AvgIpc) is 2.00. The molecule has 0 heterocycles. The third-order valence-electron chi connectivity index (χ3n) is 1.32. The van der Waals surface area contributed by atoms with E-state index in [0.29, 0.717) is 0 Å². The van der Waals surface area contributed by atoms with Gasteiger partial charge in [0.25, 0.3) is 0 Å². The standard InChI is InChI=1S/C10H19NO3/c1-5-6-8(7-12)11-9(13)14-10(2,3)4/h5-6,8,12H,7H2,1-4H3,(H,11,13)/b6-5-/t8-/m1/s1. The summed E-state index contributed by atoms with van der Waals surface area (Å²) in [7, 11) is 0. The molecule has 2 N–H and O–H groups in total. The molecule has 0 unspecified atom stereocenters. The van der Waals surface area contributed by atoms with E-state index in [4.69, 9.17) is 9.84 Å². The number of hydrogen-bond acceptors (Lipinski definition) is 3. The molecule has 14 heavy (non-hydrogen) atoms. The minimum atomic E-state index is -0.519. The fraction of sp³-hybridized carbons (Fsp3) is 0.700. The van der Waals surface area contributed by atoms with Gasteiger partial charge in [-0.3, -0.25) is 0 Å². The SMILES string of the molecule is C/C=C\[C@H](CO)NC(=O)OC(C)(C)C. The number of rotatable bonds is 3. The third kappa shape index (κ3) is 6.48. The summed E-state index contributed by atoms with van der Waals surface area (Å²) in [4.78, 5) is 11.2. The van der Waals surface area contributed by atoms with Crippen molar-refractivity contribution >= 4 is 6.09 Å². The molecule has 4 nitrogen and oxygen atoms in total. The lowest BCUT2D eigenvalue weighted by molar-refractivity contribution is 0.0498. The van der Waals surface area contributed by atoms with Gasteiger partial charge < -0.3 is 15.2 Å². The van der Waals surface area contributed by atoms with Gasteiger partial charge in [-0.2, -0.15) is 0 Å². The lowest BCUT2D eigenvalue weighted by atomic mass is 10.2. The molecule has 0 aromatic carbocycles. The zero-order chi connectivity index (χ0) is 11.2. The second kappa shape index (κ2) is 5.65. The number of carbonyl (C=O) groups is 1. The molecule has 0 aliphatic heterocycles. The molecule has 0 bridgehead atoms. The van der Waals surface area contributed by atoms with Crippen LogP contribution in [0, 0.1) is 0 Å². The van der Waals surface area contributed by atoms with Gasteiger partial charge in [0.05, 0.1) is 12.6 Å². The van der Waals surface area contributed by atoms with Crippen LogP contribution in [-0.4, -0.2) is 29.4 Å². The molecule has 0 spiro atoms. The summed E-state index contributed by atoms with van der Waals surface area (Å²) >= 11 is 0. The van der Waals surface area contributed by atoms with Crippen LogP contribution in [0.4, 0.5) is 4.79 Å². The van der Waals surface area contributed by atoms with E-state index in [1.54, 1.807) is 32.9 Å². The van der Waals surface area contributed by atoms with Gasteiger partial charge in [0.1, 0.15) is 5.60 Å². The van der Waals surface area contributed by atoms with Gasteiger partial charge in [-0.15, -0.1) is 0 Å². The monoisotopic (exact) mass is 201 g/mol. The van der Waals surface area contributed by atoms with Crippen LogP contribution in [0.1, 0.15) is 27.7 Å². The van der Waals surface area contributed by atoms with Crippen LogP contribution in [0.15, 0.2) is 12.2 Å². The molecule has 1 amide bonds. The van der Waals surface area contributed by atoms with Crippen molar-refractivity contribution in [3.05, 3.63) is 12.2 Å². The van der Waals surface area contributed by atoms with Gasteiger partial charge in [0.15, 0.2) is 0 Å². The van der Waals surface area contributed by atoms with Gasteiger partial charge in [0, 0.05) is 0 Å². The van der Waals surface area contributed by atoms with Crippen LogP contribution in [-0.2, 0) is 4.74 Å². The molecular formula is C10H19NO3. The maximum atomic E-state index is 11.2. The van der Waals surface area contributed by atoms with Gasteiger partial charge in [0.2, 0.25) is 0 Å². The molecule has 0 radical (unpaired) electrons. The van der Waals surface area contributed by atoms with E-state index >= 15 is 0 Å². The minimum Gasteiger partial charge on any atom is -0.444 e. The third-order valence-corrected chi connectivity index (χ3v) is 1.32. The summed E-state index contributed by atoms with van der Waals surface area (Å²) in [5, 5.41) is 11.4. The van der Waals surface area contributed by atoms with Crippen molar-refractivity contribution < 1.29 is 14.6 Å². The molecule has 0 aliphatic rings. The molecule has 0 aromatic heterocycles. The van der Waals surface area contributed by atoms with E-state index in [1.165, 1.54) is 0 Å². The molecule has 0 saturated carbocycles. The normalized spacial score (nSPS) is 14.1. The number of amides is 1. The van der Waals surface area contributed by atoms with Crippen LogP contribution in [0.2, 0.25) is 0 Å². The Kier molecular flexibility index (Phi) is 5.23. The summed E-state index contributed by atoms with van der Waals surface area (Å²) in [6, 6.07) is -0.380. The number of allylic oxidation sites excluding steroid dienone is 1. The van der Waals surface area contributed by atoms with Crippen LogP contribution in [0.5, 0.6) is 0 Å². The van der Waals surface area contributed by atoms with Crippen LogP contribution in [0.3, 0.4) is 0 Å². The number of hydrogen-bond donors (Lipinski definition) is 2. The molecular weight excluding hydrogens is 182 g/mol.